The third kappa shape index (κ3) is 5.35. The van der Waals surface area contributed by atoms with Gasteiger partial charge in [0.25, 0.3) is 10.0 Å². The van der Waals surface area contributed by atoms with Crippen molar-refractivity contribution in [2.75, 3.05) is 36.4 Å². The van der Waals surface area contributed by atoms with E-state index in [1.807, 2.05) is 11.8 Å². The van der Waals surface area contributed by atoms with Crippen LogP contribution in [0.25, 0.3) is 0 Å². The highest BCUT2D eigenvalue weighted by molar-refractivity contribution is 7.90. The number of amidine groups is 1. The summed E-state index contributed by atoms with van der Waals surface area (Å²) in [5, 5.41) is 3.03. The molecule has 1 N–H and O–H groups in total. The minimum atomic E-state index is -4.40. The molecule has 2 aliphatic rings. The molecular formula is C23H25F3N4O3S. The van der Waals surface area contributed by atoms with Gasteiger partial charge in [0.15, 0.2) is 0 Å². The number of hydrogen-bond acceptors (Lipinski definition) is 5. The van der Waals surface area contributed by atoms with Crippen LogP contribution in [0.1, 0.15) is 25.3 Å². The molecule has 0 saturated carbocycles. The van der Waals surface area contributed by atoms with Gasteiger partial charge in [0.2, 0.25) is 5.91 Å². The summed E-state index contributed by atoms with van der Waals surface area (Å²) < 4.78 is 67.6. The third-order valence-electron chi connectivity index (χ3n) is 5.91. The Hall–Kier alpha value is -3.08. The van der Waals surface area contributed by atoms with Crippen LogP contribution < -0.4 is 10.2 Å². The first-order valence-corrected chi connectivity index (χ1v) is 12.4. The molecule has 1 fully saturated rings. The molecule has 4 rings (SSSR count). The number of nitrogens with one attached hydrogen (secondary N) is 1. The van der Waals surface area contributed by atoms with Gasteiger partial charge in [-0.2, -0.15) is 21.6 Å². The molecular weight excluding hydrogens is 469 g/mol. The molecule has 0 aromatic heterocycles. The highest BCUT2D eigenvalue weighted by Crippen LogP contribution is 2.32. The number of amides is 1. The maximum absolute atomic E-state index is 13.0. The van der Waals surface area contributed by atoms with Crippen LogP contribution in [0.4, 0.5) is 24.5 Å². The molecule has 0 radical (unpaired) electrons. The molecule has 182 valence electrons. The zero-order chi connectivity index (χ0) is 24.5. The highest BCUT2D eigenvalue weighted by Gasteiger charge is 2.31. The van der Waals surface area contributed by atoms with E-state index in [1.165, 1.54) is 12.1 Å². The molecule has 2 aliphatic heterocycles. The summed E-state index contributed by atoms with van der Waals surface area (Å²) in [6.45, 7) is 3.54. The van der Waals surface area contributed by atoms with Crippen LogP contribution in [-0.4, -0.2) is 51.2 Å². The quantitative estimate of drug-likeness (QED) is 0.680. The van der Waals surface area contributed by atoms with E-state index < -0.39 is 21.8 Å². The van der Waals surface area contributed by atoms with E-state index in [1.54, 1.807) is 29.2 Å². The summed E-state index contributed by atoms with van der Waals surface area (Å²) in [6.07, 6.45) is -3.89. The summed E-state index contributed by atoms with van der Waals surface area (Å²) >= 11 is 0. The summed E-state index contributed by atoms with van der Waals surface area (Å²) in [6, 6.07) is 11.7. The standard InChI is InChI=1S/C23H25F3N4O3S/c1-16(13-21-27-19-7-2-3-8-20(19)34(32,33)28-21)14-22(31)30-11-9-29(10-12-30)18-6-4-5-17(15-18)23(24,25)26/h2-8,15-16H,9-14H2,1H3,(H,27,28)/t16-/m1/s1. The first-order valence-electron chi connectivity index (χ1n) is 10.9. The van der Waals surface area contributed by atoms with Gasteiger partial charge in [-0.1, -0.05) is 25.1 Å². The second-order valence-electron chi connectivity index (χ2n) is 8.56. The number of piperazine rings is 1. The molecule has 0 bridgehead atoms. The first-order chi connectivity index (χ1) is 16.0. The number of anilines is 2. The number of alkyl halides is 3. The van der Waals surface area contributed by atoms with Crippen molar-refractivity contribution in [2.45, 2.75) is 30.8 Å². The van der Waals surface area contributed by atoms with Crippen LogP contribution in [0, 0.1) is 5.92 Å². The van der Waals surface area contributed by atoms with Gasteiger partial charge in [0, 0.05) is 44.7 Å². The molecule has 2 aromatic rings. The van der Waals surface area contributed by atoms with Crippen molar-refractivity contribution in [1.82, 2.24) is 4.90 Å². The minimum Gasteiger partial charge on any atom is -0.368 e. The van der Waals surface area contributed by atoms with Crippen LogP contribution in [0.3, 0.4) is 0 Å². The summed E-state index contributed by atoms with van der Waals surface area (Å²) in [4.78, 5) is 16.4. The topological polar surface area (TPSA) is 82.1 Å². The predicted molar refractivity (Wildman–Crippen MR) is 123 cm³/mol. The van der Waals surface area contributed by atoms with E-state index in [0.717, 1.165) is 12.1 Å². The summed E-state index contributed by atoms with van der Waals surface area (Å²) in [5.41, 5.74) is 0.260. The van der Waals surface area contributed by atoms with Crippen LogP contribution in [-0.2, 0) is 21.0 Å². The zero-order valence-electron chi connectivity index (χ0n) is 18.5. The Morgan fingerprint density at radius 3 is 2.50 bits per heavy atom. The molecule has 34 heavy (non-hydrogen) atoms. The Bertz CT molecular complexity index is 1210. The maximum Gasteiger partial charge on any atom is 0.416 e. The summed E-state index contributed by atoms with van der Waals surface area (Å²) in [7, 11) is -3.78. The van der Waals surface area contributed by atoms with Gasteiger partial charge >= 0.3 is 6.18 Å². The largest absolute Gasteiger partial charge is 0.416 e. The first kappa shape index (κ1) is 24.1. The lowest BCUT2D eigenvalue weighted by atomic mass is 10.0. The van der Waals surface area contributed by atoms with Crippen molar-refractivity contribution in [2.24, 2.45) is 10.3 Å². The maximum atomic E-state index is 13.0. The molecule has 0 spiro atoms. The van der Waals surface area contributed by atoms with Gasteiger partial charge in [-0.25, -0.2) is 0 Å². The Labute approximate surface area is 196 Å². The lowest BCUT2D eigenvalue weighted by Gasteiger charge is -2.36. The van der Waals surface area contributed by atoms with Crippen LogP contribution in [0.2, 0.25) is 0 Å². The number of hydrogen-bond donors (Lipinski definition) is 1. The van der Waals surface area contributed by atoms with Crippen molar-refractivity contribution in [3.8, 4) is 0 Å². The van der Waals surface area contributed by atoms with E-state index in [-0.39, 0.29) is 23.1 Å². The Morgan fingerprint density at radius 1 is 1.09 bits per heavy atom. The third-order valence-corrected chi connectivity index (χ3v) is 7.28. The van der Waals surface area contributed by atoms with Gasteiger partial charge in [-0.05, 0) is 36.2 Å². The Morgan fingerprint density at radius 2 is 1.79 bits per heavy atom. The van der Waals surface area contributed by atoms with E-state index in [2.05, 4.69) is 9.71 Å². The number of para-hydroxylation sites is 1. The van der Waals surface area contributed by atoms with Crippen molar-refractivity contribution in [1.29, 1.82) is 0 Å². The van der Waals surface area contributed by atoms with E-state index in [0.29, 0.717) is 49.8 Å². The van der Waals surface area contributed by atoms with Crippen molar-refractivity contribution in [3.63, 3.8) is 0 Å². The second kappa shape index (κ2) is 9.28. The fraction of sp³-hybridized carbons (Fsp3) is 0.391. The second-order valence-corrected chi connectivity index (χ2v) is 10.1. The number of rotatable bonds is 5. The molecule has 11 heteroatoms. The number of benzene rings is 2. The lowest BCUT2D eigenvalue weighted by Crippen LogP contribution is -2.49. The number of carbonyl (C=O) groups is 1. The zero-order valence-corrected chi connectivity index (χ0v) is 19.4. The van der Waals surface area contributed by atoms with Crippen molar-refractivity contribution < 1.29 is 26.4 Å². The van der Waals surface area contributed by atoms with E-state index >= 15 is 0 Å². The highest BCUT2D eigenvalue weighted by atomic mass is 32.2. The molecule has 1 saturated heterocycles. The molecule has 1 atom stereocenters. The fourth-order valence-corrected chi connectivity index (χ4v) is 5.33. The van der Waals surface area contributed by atoms with Gasteiger partial charge in [-0.15, -0.1) is 4.40 Å². The number of nitrogens with zero attached hydrogens (tertiary/aromatic N) is 3. The van der Waals surface area contributed by atoms with Gasteiger partial charge < -0.3 is 15.1 Å². The van der Waals surface area contributed by atoms with E-state index in [9.17, 15) is 26.4 Å². The van der Waals surface area contributed by atoms with Gasteiger partial charge in [0.05, 0.1) is 11.3 Å². The number of sulfonamides is 1. The van der Waals surface area contributed by atoms with Gasteiger partial charge in [-0.3, -0.25) is 4.79 Å². The normalized spacial score (nSPS) is 18.5. The number of fused-ring (bicyclic) bond motifs is 1. The molecule has 2 heterocycles. The number of halogens is 3. The van der Waals surface area contributed by atoms with Gasteiger partial charge in [0.1, 0.15) is 10.7 Å². The molecule has 1 amide bonds. The van der Waals surface area contributed by atoms with Crippen molar-refractivity contribution >= 4 is 33.1 Å². The van der Waals surface area contributed by atoms with Crippen molar-refractivity contribution in [3.05, 3.63) is 54.1 Å². The van der Waals surface area contributed by atoms with E-state index in [4.69, 9.17) is 0 Å². The van der Waals surface area contributed by atoms with Crippen LogP contribution >= 0.6 is 0 Å². The van der Waals surface area contributed by atoms with Crippen LogP contribution in [0.15, 0.2) is 57.8 Å². The minimum absolute atomic E-state index is 0.0733. The Kier molecular flexibility index (Phi) is 6.57. The van der Waals surface area contributed by atoms with Crippen LogP contribution in [0.5, 0.6) is 0 Å². The molecule has 0 unspecified atom stereocenters. The molecule has 7 nitrogen and oxygen atoms in total. The SMILES string of the molecule is C[C@@H](CC(=O)N1CCN(c2cccc(C(F)(F)F)c2)CC1)CC1=NS(=O)(=O)c2ccccc2N1. The monoisotopic (exact) mass is 494 g/mol. The lowest BCUT2D eigenvalue weighted by molar-refractivity contribution is -0.137. The average molecular weight is 495 g/mol. The molecule has 0 aliphatic carbocycles. The predicted octanol–water partition coefficient (Wildman–Crippen LogP) is 3.98. The molecule has 2 aromatic carbocycles. The smallest absolute Gasteiger partial charge is 0.368 e. The summed E-state index contributed by atoms with van der Waals surface area (Å²) in [5.74, 6) is 0.0740. The fourth-order valence-electron chi connectivity index (χ4n) is 4.18. The number of carbonyl (C=O) groups excluding carboxylic acids is 1. The Balaban J connectivity index is 1.31. The average Bonchev–Trinajstić information content (AvgIpc) is 2.78.